The van der Waals surface area contributed by atoms with E-state index in [1.807, 2.05) is 36.4 Å². The summed E-state index contributed by atoms with van der Waals surface area (Å²) in [6.07, 6.45) is 25.0. The average Bonchev–Trinajstić information content (AvgIpc) is 2.87. The molecule has 0 spiro atoms. The zero-order valence-corrected chi connectivity index (χ0v) is 27.4. The second-order valence-corrected chi connectivity index (χ2v) is 13.8. The molecule has 0 aliphatic carbocycles. The average molecular weight is 527 g/mol. The van der Waals surface area contributed by atoms with Gasteiger partial charge in [-0.05, 0) is 41.1 Å². The summed E-state index contributed by atoms with van der Waals surface area (Å²) in [6, 6.07) is 10.0. The van der Waals surface area contributed by atoms with E-state index in [0.717, 1.165) is 35.5 Å². The SMILES string of the molecule is C=Cc1ccccc1.CC(C)CCCC(C)CCCC(C)CCCCC(C)CCCC(C)CCCC(C)C. The molecule has 0 N–H and O–H groups in total. The van der Waals surface area contributed by atoms with Gasteiger partial charge >= 0.3 is 0 Å². The third-order valence-corrected chi connectivity index (χ3v) is 8.42. The van der Waals surface area contributed by atoms with E-state index in [1.165, 1.54) is 108 Å². The topological polar surface area (TPSA) is 0 Å². The second-order valence-electron chi connectivity index (χ2n) is 13.8. The first kappa shape index (κ1) is 37.0. The van der Waals surface area contributed by atoms with Gasteiger partial charge in [-0.3, -0.25) is 0 Å². The molecule has 0 saturated heterocycles. The number of hydrogen-bond acceptors (Lipinski definition) is 0. The van der Waals surface area contributed by atoms with Gasteiger partial charge in [0.2, 0.25) is 0 Å². The molecule has 0 radical (unpaired) electrons. The Labute approximate surface area is 241 Å². The van der Waals surface area contributed by atoms with Gasteiger partial charge in [0.15, 0.2) is 0 Å². The van der Waals surface area contributed by atoms with E-state index < -0.39 is 0 Å². The van der Waals surface area contributed by atoms with Crippen LogP contribution in [0.1, 0.15) is 164 Å². The summed E-state index contributed by atoms with van der Waals surface area (Å²) in [4.78, 5) is 0. The maximum Gasteiger partial charge on any atom is -0.0263 e. The summed E-state index contributed by atoms with van der Waals surface area (Å²) in [6.45, 7) is 23.0. The summed E-state index contributed by atoms with van der Waals surface area (Å²) >= 11 is 0. The molecule has 0 nitrogen and oxygen atoms in total. The van der Waals surface area contributed by atoms with Gasteiger partial charge in [-0.2, -0.15) is 0 Å². The Balaban J connectivity index is 0.00000144. The Morgan fingerprint density at radius 3 is 1.00 bits per heavy atom. The molecule has 0 bridgehead atoms. The Kier molecular flexibility index (Phi) is 24.3. The largest absolute Gasteiger partial charge is 0.0985 e. The smallest absolute Gasteiger partial charge is 0.0263 e. The van der Waals surface area contributed by atoms with Gasteiger partial charge in [-0.1, -0.05) is 201 Å². The van der Waals surface area contributed by atoms with E-state index >= 15 is 0 Å². The highest BCUT2D eigenvalue weighted by atomic mass is 14.1. The van der Waals surface area contributed by atoms with E-state index in [0.29, 0.717) is 0 Å². The van der Waals surface area contributed by atoms with Gasteiger partial charge < -0.3 is 0 Å². The van der Waals surface area contributed by atoms with Gasteiger partial charge in [0, 0.05) is 0 Å². The first-order chi connectivity index (χ1) is 18.1. The van der Waals surface area contributed by atoms with Crippen LogP contribution in [0.25, 0.3) is 6.08 Å². The molecule has 0 fully saturated rings. The molecule has 4 atom stereocenters. The van der Waals surface area contributed by atoms with Gasteiger partial charge in [0.1, 0.15) is 0 Å². The number of rotatable bonds is 22. The second kappa shape index (κ2) is 25.0. The van der Waals surface area contributed by atoms with Crippen molar-refractivity contribution < 1.29 is 0 Å². The van der Waals surface area contributed by atoms with Crippen molar-refractivity contribution in [2.75, 3.05) is 0 Å². The fourth-order valence-electron chi connectivity index (χ4n) is 5.53. The summed E-state index contributed by atoms with van der Waals surface area (Å²) in [5, 5.41) is 0. The maximum atomic E-state index is 3.63. The predicted octanol–water partition coefficient (Wildman–Crippen LogP) is 13.4. The molecule has 0 saturated carbocycles. The van der Waals surface area contributed by atoms with Crippen LogP contribution in [0.2, 0.25) is 0 Å². The van der Waals surface area contributed by atoms with Crippen molar-refractivity contribution >= 4 is 6.08 Å². The zero-order chi connectivity index (χ0) is 28.6. The van der Waals surface area contributed by atoms with E-state index in [9.17, 15) is 0 Å². The van der Waals surface area contributed by atoms with Crippen molar-refractivity contribution in [1.29, 1.82) is 0 Å². The van der Waals surface area contributed by atoms with Crippen LogP contribution in [-0.2, 0) is 0 Å². The van der Waals surface area contributed by atoms with Crippen LogP contribution < -0.4 is 0 Å². The minimum atomic E-state index is 0.878. The molecule has 1 rings (SSSR count). The van der Waals surface area contributed by atoms with Crippen LogP contribution in [0.4, 0.5) is 0 Å². The molecule has 4 unspecified atom stereocenters. The number of hydrogen-bond donors (Lipinski definition) is 0. The highest BCUT2D eigenvalue weighted by Gasteiger charge is 2.09. The van der Waals surface area contributed by atoms with E-state index in [4.69, 9.17) is 0 Å². The van der Waals surface area contributed by atoms with Gasteiger partial charge in [0.25, 0.3) is 0 Å². The molecule has 1 aromatic rings. The molecular formula is C38H70. The molecular weight excluding hydrogens is 456 g/mol. The summed E-state index contributed by atoms with van der Waals surface area (Å²) in [5.74, 6) is 5.51. The van der Waals surface area contributed by atoms with E-state index in [1.54, 1.807) is 0 Å². The normalized spacial score (nSPS) is 14.6. The molecule has 0 amide bonds. The number of benzene rings is 1. The molecule has 38 heavy (non-hydrogen) atoms. The lowest BCUT2D eigenvalue weighted by Gasteiger charge is -2.16. The molecule has 222 valence electrons. The Morgan fingerprint density at radius 2 is 0.737 bits per heavy atom. The van der Waals surface area contributed by atoms with Crippen molar-refractivity contribution in [1.82, 2.24) is 0 Å². The lowest BCUT2D eigenvalue weighted by atomic mass is 9.90. The van der Waals surface area contributed by atoms with Crippen molar-refractivity contribution in [2.45, 2.75) is 158 Å². The predicted molar refractivity (Wildman–Crippen MR) is 177 cm³/mol. The van der Waals surface area contributed by atoms with Crippen LogP contribution >= 0.6 is 0 Å². The van der Waals surface area contributed by atoms with E-state index in [2.05, 4.69) is 62.0 Å². The van der Waals surface area contributed by atoms with Crippen LogP contribution in [0, 0.1) is 35.5 Å². The Bertz CT molecular complexity index is 578. The third-order valence-electron chi connectivity index (χ3n) is 8.42. The Hall–Kier alpha value is -1.04. The standard InChI is InChI=1S/C30H62.C8H8/c1-25(2)15-11-19-29(7)23-13-21-27(5)17-9-10-18-28(6)22-14-24-30(8)20-12-16-26(3)4;1-2-8-6-4-3-5-7-8/h25-30H,9-24H2,1-8H3;2-7H,1H2. The van der Waals surface area contributed by atoms with Crippen LogP contribution in [-0.4, -0.2) is 0 Å². The minimum Gasteiger partial charge on any atom is -0.0985 e. The summed E-state index contributed by atoms with van der Waals surface area (Å²) in [5.41, 5.74) is 1.17. The van der Waals surface area contributed by atoms with Gasteiger partial charge in [-0.15, -0.1) is 0 Å². The molecule has 1 aromatic carbocycles. The molecule has 0 heteroatoms. The molecule has 0 aliphatic heterocycles. The first-order valence-corrected chi connectivity index (χ1v) is 16.8. The van der Waals surface area contributed by atoms with Gasteiger partial charge in [-0.25, -0.2) is 0 Å². The van der Waals surface area contributed by atoms with Crippen molar-refractivity contribution in [2.24, 2.45) is 35.5 Å². The van der Waals surface area contributed by atoms with Crippen molar-refractivity contribution in [3.63, 3.8) is 0 Å². The quantitative estimate of drug-likeness (QED) is 0.132. The monoisotopic (exact) mass is 527 g/mol. The summed E-state index contributed by atoms with van der Waals surface area (Å²) in [7, 11) is 0. The lowest BCUT2D eigenvalue weighted by Crippen LogP contribution is -2.01. The maximum absolute atomic E-state index is 3.63. The number of unbranched alkanes of at least 4 members (excludes halogenated alkanes) is 1. The van der Waals surface area contributed by atoms with Crippen LogP contribution in [0.5, 0.6) is 0 Å². The fraction of sp³-hybridized carbons (Fsp3) is 0.789. The van der Waals surface area contributed by atoms with Crippen molar-refractivity contribution in [3.05, 3.63) is 42.5 Å². The third kappa shape index (κ3) is 25.2. The zero-order valence-electron chi connectivity index (χ0n) is 27.4. The molecule has 0 heterocycles. The highest BCUT2D eigenvalue weighted by Crippen LogP contribution is 2.24. The molecule has 0 aromatic heterocycles. The van der Waals surface area contributed by atoms with Crippen LogP contribution in [0.3, 0.4) is 0 Å². The van der Waals surface area contributed by atoms with Crippen LogP contribution in [0.15, 0.2) is 36.9 Å². The van der Waals surface area contributed by atoms with Crippen molar-refractivity contribution in [3.8, 4) is 0 Å². The lowest BCUT2D eigenvalue weighted by molar-refractivity contribution is 0.369. The van der Waals surface area contributed by atoms with E-state index in [-0.39, 0.29) is 0 Å². The fourth-order valence-corrected chi connectivity index (χ4v) is 5.53. The highest BCUT2D eigenvalue weighted by molar-refractivity contribution is 5.45. The Morgan fingerprint density at radius 1 is 0.447 bits per heavy atom. The summed E-state index contributed by atoms with van der Waals surface area (Å²) < 4.78 is 0. The minimum absolute atomic E-state index is 0.878. The molecule has 0 aliphatic rings. The van der Waals surface area contributed by atoms with Gasteiger partial charge in [0.05, 0.1) is 0 Å². The first-order valence-electron chi connectivity index (χ1n) is 16.8.